The smallest absolute Gasteiger partial charge is 0.275 e. The van der Waals surface area contributed by atoms with Gasteiger partial charge in [-0.15, -0.1) is 0 Å². The van der Waals surface area contributed by atoms with Crippen molar-refractivity contribution in [2.45, 2.75) is 45.8 Å². The highest BCUT2D eigenvalue weighted by Gasteiger charge is 2.13. The van der Waals surface area contributed by atoms with Crippen molar-refractivity contribution in [2.24, 2.45) is 0 Å². The molecule has 0 aliphatic carbocycles. The average molecular weight is 282 g/mol. The van der Waals surface area contributed by atoms with Crippen LogP contribution >= 0.6 is 0 Å². The number of nitro groups is 1. The minimum atomic E-state index is -0.439. The van der Waals surface area contributed by atoms with E-state index in [2.05, 4.69) is 5.32 Å². The molecule has 1 atom stereocenters. The molecule has 1 rings (SSSR count). The van der Waals surface area contributed by atoms with E-state index < -0.39 is 4.92 Å². The maximum absolute atomic E-state index is 11.0. The minimum Gasteiger partial charge on any atom is -0.491 e. The molecule has 2 N–H and O–H groups in total. The second-order valence-electron chi connectivity index (χ2n) is 4.90. The summed E-state index contributed by atoms with van der Waals surface area (Å²) >= 11 is 0. The Hall–Kier alpha value is -1.82. The molecule has 0 aliphatic rings. The zero-order valence-electron chi connectivity index (χ0n) is 12.1. The second-order valence-corrected chi connectivity index (χ2v) is 4.90. The molecule has 0 spiro atoms. The summed E-state index contributed by atoms with van der Waals surface area (Å²) in [4.78, 5) is 10.5. The van der Waals surface area contributed by atoms with E-state index in [-0.39, 0.29) is 24.4 Å². The molecule has 20 heavy (non-hydrogen) atoms. The average Bonchev–Trinajstić information content (AvgIpc) is 2.37. The van der Waals surface area contributed by atoms with Crippen LogP contribution in [0, 0.1) is 10.1 Å². The van der Waals surface area contributed by atoms with Crippen LogP contribution in [-0.2, 0) is 0 Å². The van der Waals surface area contributed by atoms with Gasteiger partial charge in [-0.25, -0.2) is 0 Å². The fourth-order valence-corrected chi connectivity index (χ4v) is 1.88. The van der Waals surface area contributed by atoms with Gasteiger partial charge in [0.05, 0.1) is 17.1 Å². The molecule has 112 valence electrons. The molecule has 0 aliphatic heterocycles. The Labute approximate surface area is 118 Å². The molecule has 1 aromatic carbocycles. The molecule has 0 saturated heterocycles. The number of hydrogen-bond acceptors (Lipinski definition) is 5. The number of aliphatic hydroxyl groups excluding tert-OH is 1. The van der Waals surface area contributed by atoms with Gasteiger partial charge in [-0.05, 0) is 26.7 Å². The molecular weight excluding hydrogens is 260 g/mol. The standard InChI is InChI=1S/C14H22N2O4/c1-4-11(5-6-17)15-12-7-13(16(18)19)9-14(8-12)20-10(2)3/h7-11,15,17H,4-6H2,1-3H3. The van der Waals surface area contributed by atoms with Gasteiger partial charge < -0.3 is 15.2 Å². The molecule has 1 aromatic rings. The predicted octanol–water partition coefficient (Wildman–Crippen LogP) is 2.95. The molecule has 0 aromatic heterocycles. The maximum atomic E-state index is 11.0. The Morgan fingerprint density at radius 1 is 1.40 bits per heavy atom. The summed E-state index contributed by atoms with van der Waals surface area (Å²) in [5, 5.41) is 23.1. The van der Waals surface area contributed by atoms with Crippen LogP contribution in [-0.4, -0.2) is 28.8 Å². The number of hydrogen-bond donors (Lipinski definition) is 2. The SMILES string of the molecule is CCC(CCO)Nc1cc(OC(C)C)cc([N+](=O)[O-])c1. The van der Waals surface area contributed by atoms with Crippen molar-refractivity contribution in [1.82, 2.24) is 0 Å². The zero-order chi connectivity index (χ0) is 15.1. The number of aliphatic hydroxyl groups is 1. The first-order valence-electron chi connectivity index (χ1n) is 6.79. The number of nitrogens with zero attached hydrogens (tertiary/aromatic N) is 1. The molecule has 1 unspecified atom stereocenters. The summed E-state index contributed by atoms with van der Waals surface area (Å²) in [6.45, 7) is 5.81. The van der Waals surface area contributed by atoms with Gasteiger partial charge >= 0.3 is 0 Å². The molecule has 6 nitrogen and oxygen atoms in total. The van der Waals surface area contributed by atoms with E-state index in [9.17, 15) is 10.1 Å². The third kappa shape index (κ3) is 5.05. The van der Waals surface area contributed by atoms with Gasteiger partial charge in [-0.3, -0.25) is 10.1 Å². The van der Waals surface area contributed by atoms with E-state index in [1.807, 2.05) is 20.8 Å². The molecule has 0 heterocycles. The topological polar surface area (TPSA) is 84.6 Å². The van der Waals surface area contributed by atoms with E-state index in [4.69, 9.17) is 9.84 Å². The number of ether oxygens (including phenoxy) is 1. The van der Waals surface area contributed by atoms with Crippen LogP contribution < -0.4 is 10.1 Å². The molecule has 0 radical (unpaired) electrons. The normalized spacial score (nSPS) is 12.2. The van der Waals surface area contributed by atoms with Crippen LogP contribution in [0.4, 0.5) is 11.4 Å². The monoisotopic (exact) mass is 282 g/mol. The third-order valence-corrected chi connectivity index (χ3v) is 2.82. The van der Waals surface area contributed by atoms with Crippen LogP contribution in [0.15, 0.2) is 18.2 Å². The first-order valence-corrected chi connectivity index (χ1v) is 6.79. The van der Waals surface area contributed by atoms with Crippen molar-refractivity contribution >= 4 is 11.4 Å². The fourth-order valence-electron chi connectivity index (χ4n) is 1.88. The molecule has 0 saturated carbocycles. The van der Waals surface area contributed by atoms with E-state index in [0.717, 1.165) is 6.42 Å². The first-order chi connectivity index (χ1) is 9.46. The van der Waals surface area contributed by atoms with Gasteiger partial charge in [0.15, 0.2) is 0 Å². The molecule has 6 heteroatoms. The van der Waals surface area contributed by atoms with E-state index in [0.29, 0.717) is 17.9 Å². The van der Waals surface area contributed by atoms with Crippen LogP contribution in [0.3, 0.4) is 0 Å². The van der Waals surface area contributed by atoms with Crippen molar-refractivity contribution in [3.8, 4) is 5.75 Å². The molecule has 0 bridgehead atoms. The Bertz CT molecular complexity index is 449. The van der Waals surface area contributed by atoms with Crippen LogP contribution in [0.2, 0.25) is 0 Å². The molecular formula is C14H22N2O4. The van der Waals surface area contributed by atoms with Crippen LogP contribution in [0.1, 0.15) is 33.6 Å². The number of nitrogens with one attached hydrogen (secondary N) is 1. The summed E-state index contributed by atoms with van der Waals surface area (Å²) in [7, 11) is 0. The number of anilines is 1. The van der Waals surface area contributed by atoms with Crippen molar-refractivity contribution in [1.29, 1.82) is 0 Å². The lowest BCUT2D eigenvalue weighted by atomic mass is 10.1. The lowest BCUT2D eigenvalue weighted by Gasteiger charge is -2.18. The van der Waals surface area contributed by atoms with E-state index in [1.165, 1.54) is 12.1 Å². The summed E-state index contributed by atoms with van der Waals surface area (Å²) in [5.41, 5.74) is 0.625. The van der Waals surface area contributed by atoms with Gasteiger partial charge in [0, 0.05) is 30.5 Å². The van der Waals surface area contributed by atoms with E-state index in [1.54, 1.807) is 6.07 Å². The third-order valence-electron chi connectivity index (χ3n) is 2.82. The maximum Gasteiger partial charge on any atom is 0.275 e. The lowest BCUT2D eigenvalue weighted by molar-refractivity contribution is -0.384. The molecule has 0 amide bonds. The highest BCUT2D eigenvalue weighted by molar-refractivity contribution is 5.56. The largest absolute Gasteiger partial charge is 0.491 e. The predicted molar refractivity (Wildman–Crippen MR) is 78.3 cm³/mol. The Kier molecular flexibility index (Phi) is 6.24. The van der Waals surface area contributed by atoms with Gasteiger partial charge in [-0.1, -0.05) is 6.92 Å². The van der Waals surface area contributed by atoms with Crippen molar-refractivity contribution in [3.63, 3.8) is 0 Å². The zero-order valence-corrected chi connectivity index (χ0v) is 12.1. The fraction of sp³-hybridized carbons (Fsp3) is 0.571. The van der Waals surface area contributed by atoms with Gasteiger partial charge in [0.2, 0.25) is 0 Å². The lowest BCUT2D eigenvalue weighted by Crippen LogP contribution is -2.20. The van der Waals surface area contributed by atoms with Crippen LogP contribution in [0.5, 0.6) is 5.75 Å². The summed E-state index contributed by atoms with van der Waals surface area (Å²) < 4.78 is 5.53. The highest BCUT2D eigenvalue weighted by Crippen LogP contribution is 2.27. The quantitative estimate of drug-likeness (QED) is 0.565. The van der Waals surface area contributed by atoms with Crippen molar-refractivity contribution < 1.29 is 14.8 Å². The Balaban J connectivity index is 2.98. The second kappa shape index (κ2) is 7.69. The summed E-state index contributed by atoms with van der Waals surface area (Å²) in [6, 6.07) is 4.72. The van der Waals surface area contributed by atoms with Gasteiger partial charge in [0.1, 0.15) is 5.75 Å². The van der Waals surface area contributed by atoms with Crippen LogP contribution in [0.25, 0.3) is 0 Å². The number of non-ortho nitro benzene ring substituents is 1. The van der Waals surface area contributed by atoms with Gasteiger partial charge in [0.25, 0.3) is 5.69 Å². The minimum absolute atomic E-state index is 0.00972. The molecule has 0 fully saturated rings. The Morgan fingerprint density at radius 2 is 2.10 bits per heavy atom. The number of benzene rings is 1. The first kappa shape index (κ1) is 16.2. The number of rotatable bonds is 8. The van der Waals surface area contributed by atoms with E-state index >= 15 is 0 Å². The van der Waals surface area contributed by atoms with Crippen molar-refractivity contribution in [3.05, 3.63) is 28.3 Å². The number of nitro benzene ring substituents is 1. The highest BCUT2D eigenvalue weighted by atomic mass is 16.6. The van der Waals surface area contributed by atoms with Gasteiger partial charge in [-0.2, -0.15) is 0 Å². The summed E-state index contributed by atoms with van der Waals surface area (Å²) in [5.74, 6) is 0.468. The van der Waals surface area contributed by atoms with Crippen molar-refractivity contribution in [2.75, 3.05) is 11.9 Å². The summed E-state index contributed by atoms with van der Waals surface area (Å²) in [6.07, 6.45) is 1.37. The Morgan fingerprint density at radius 3 is 2.60 bits per heavy atom.